The molecule has 70 valence electrons. The lowest BCUT2D eigenvalue weighted by Gasteiger charge is -2.15. The summed E-state index contributed by atoms with van der Waals surface area (Å²) in [5, 5.41) is 10.9. The lowest BCUT2D eigenvalue weighted by atomic mass is 10.4. The Kier molecular flexibility index (Phi) is 4.83. The molecule has 0 bridgehead atoms. The molecule has 0 saturated heterocycles. The van der Waals surface area contributed by atoms with Crippen molar-refractivity contribution in [1.29, 1.82) is 0 Å². The van der Waals surface area contributed by atoms with Crippen molar-refractivity contribution >= 4 is 12.0 Å². The van der Waals surface area contributed by atoms with Gasteiger partial charge in [0.25, 0.3) is 0 Å². The third-order valence-corrected chi connectivity index (χ3v) is 1.34. The number of carboxylic acids is 1. The number of hydrogen-bond acceptors (Lipinski definition) is 2. The van der Waals surface area contributed by atoms with Gasteiger partial charge in [-0.05, 0) is 6.92 Å². The first-order valence-corrected chi connectivity index (χ1v) is 3.78. The van der Waals surface area contributed by atoms with E-state index in [1.54, 1.807) is 7.05 Å². The molecule has 0 aromatic carbocycles. The molecule has 12 heavy (non-hydrogen) atoms. The molecule has 5 nitrogen and oxygen atoms in total. The maximum atomic E-state index is 11.0. The van der Waals surface area contributed by atoms with E-state index in [2.05, 4.69) is 5.32 Å². The Morgan fingerprint density at radius 2 is 2.08 bits per heavy atom. The van der Waals surface area contributed by atoms with Crippen molar-refractivity contribution in [2.24, 2.45) is 0 Å². The molecule has 0 aromatic heterocycles. The molecular weight excluding hydrogens is 160 g/mol. The van der Waals surface area contributed by atoms with Gasteiger partial charge < -0.3 is 15.3 Å². The second-order valence-electron chi connectivity index (χ2n) is 2.40. The first-order valence-electron chi connectivity index (χ1n) is 3.78. The highest BCUT2D eigenvalue weighted by atomic mass is 16.4. The summed E-state index contributed by atoms with van der Waals surface area (Å²) in [4.78, 5) is 22.4. The van der Waals surface area contributed by atoms with Gasteiger partial charge in [0.15, 0.2) is 0 Å². The van der Waals surface area contributed by atoms with Crippen LogP contribution in [0.5, 0.6) is 0 Å². The fourth-order valence-electron chi connectivity index (χ4n) is 0.651. The molecule has 0 rings (SSSR count). The zero-order valence-electron chi connectivity index (χ0n) is 7.33. The van der Waals surface area contributed by atoms with Crippen LogP contribution in [0.3, 0.4) is 0 Å². The van der Waals surface area contributed by atoms with Crippen molar-refractivity contribution in [3.05, 3.63) is 0 Å². The van der Waals surface area contributed by atoms with E-state index in [4.69, 9.17) is 5.11 Å². The standard InChI is InChI=1S/C7H14N2O3/c1-3-8-7(12)9(2)5-4-6(10)11/h3-5H2,1-2H3,(H,8,12)(H,10,11). The monoisotopic (exact) mass is 174 g/mol. The fraction of sp³-hybridized carbons (Fsp3) is 0.714. The number of nitrogens with zero attached hydrogens (tertiary/aromatic N) is 1. The summed E-state index contributed by atoms with van der Waals surface area (Å²) in [5.41, 5.74) is 0. The molecular formula is C7H14N2O3. The zero-order chi connectivity index (χ0) is 9.56. The number of nitrogens with one attached hydrogen (secondary N) is 1. The highest BCUT2D eigenvalue weighted by Gasteiger charge is 2.07. The first-order chi connectivity index (χ1) is 5.57. The van der Waals surface area contributed by atoms with Crippen LogP contribution in [-0.2, 0) is 4.79 Å². The normalized spacial score (nSPS) is 9.17. The molecule has 0 heterocycles. The summed E-state index contributed by atoms with van der Waals surface area (Å²) in [6.07, 6.45) is -0.0202. The van der Waals surface area contributed by atoms with Gasteiger partial charge in [0.05, 0.1) is 6.42 Å². The molecule has 0 spiro atoms. The third kappa shape index (κ3) is 4.54. The minimum atomic E-state index is -0.897. The van der Waals surface area contributed by atoms with Crippen LogP contribution < -0.4 is 5.32 Å². The molecule has 0 aromatic rings. The van der Waals surface area contributed by atoms with Crippen molar-refractivity contribution in [1.82, 2.24) is 10.2 Å². The van der Waals surface area contributed by atoms with E-state index >= 15 is 0 Å². The molecule has 0 atom stereocenters. The molecule has 0 aliphatic heterocycles. The number of urea groups is 1. The molecule has 0 saturated carbocycles. The average Bonchev–Trinajstić information content (AvgIpc) is 2.00. The third-order valence-electron chi connectivity index (χ3n) is 1.34. The Morgan fingerprint density at radius 1 is 1.50 bits per heavy atom. The van der Waals surface area contributed by atoms with Gasteiger partial charge in [0, 0.05) is 20.1 Å². The van der Waals surface area contributed by atoms with Gasteiger partial charge in [-0.25, -0.2) is 4.79 Å². The van der Waals surface area contributed by atoms with Crippen LogP contribution in [0.2, 0.25) is 0 Å². The van der Waals surface area contributed by atoms with E-state index in [0.717, 1.165) is 0 Å². The van der Waals surface area contributed by atoms with Crippen LogP contribution in [-0.4, -0.2) is 42.1 Å². The minimum absolute atomic E-state index is 0.0202. The highest BCUT2D eigenvalue weighted by molar-refractivity contribution is 5.74. The van der Waals surface area contributed by atoms with E-state index < -0.39 is 5.97 Å². The zero-order valence-corrected chi connectivity index (χ0v) is 7.33. The molecule has 2 amide bonds. The van der Waals surface area contributed by atoms with E-state index in [1.165, 1.54) is 4.90 Å². The summed E-state index contributed by atoms with van der Waals surface area (Å²) in [7, 11) is 1.56. The van der Waals surface area contributed by atoms with Gasteiger partial charge in [-0.2, -0.15) is 0 Å². The number of carboxylic acid groups (broad SMARTS) is 1. The Bertz CT molecular complexity index is 170. The number of carbonyl (C=O) groups excluding carboxylic acids is 1. The van der Waals surface area contributed by atoms with Crippen molar-refractivity contribution in [2.45, 2.75) is 13.3 Å². The summed E-state index contributed by atoms with van der Waals surface area (Å²) in [6, 6.07) is -0.237. The van der Waals surface area contributed by atoms with Crippen molar-refractivity contribution in [3.8, 4) is 0 Å². The summed E-state index contributed by atoms with van der Waals surface area (Å²) >= 11 is 0. The molecule has 0 fully saturated rings. The second kappa shape index (κ2) is 5.40. The van der Waals surface area contributed by atoms with Crippen LogP contribution in [0.4, 0.5) is 4.79 Å². The molecule has 5 heteroatoms. The van der Waals surface area contributed by atoms with Gasteiger partial charge in [0.1, 0.15) is 0 Å². The Morgan fingerprint density at radius 3 is 2.50 bits per heavy atom. The van der Waals surface area contributed by atoms with Gasteiger partial charge in [0.2, 0.25) is 0 Å². The summed E-state index contributed by atoms with van der Waals surface area (Å²) in [5.74, 6) is -0.897. The Hall–Kier alpha value is -1.26. The van der Waals surface area contributed by atoms with Crippen molar-refractivity contribution < 1.29 is 14.7 Å². The Labute approximate surface area is 71.4 Å². The van der Waals surface area contributed by atoms with Crippen LogP contribution in [0, 0.1) is 0 Å². The van der Waals surface area contributed by atoms with Crippen LogP contribution >= 0.6 is 0 Å². The topological polar surface area (TPSA) is 69.6 Å². The van der Waals surface area contributed by atoms with Gasteiger partial charge in [-0.15, -0.1) is 0 Å². The number of rotatable bonds is 4. The van der Waals surface area contributed by atoms with E-state index in [0.29, 0.717) is 6.54 Å². The second-order valence-corrected chi connectivity index (χ2v) is 2.40. The highest BCUT2D eigenvalue weighted by Crippen LogP contribution is 1.87. The van der Waals surface area contributed by atoms with Gasteiger partial charge in [-0.3, -0.25) is 4.79 Å². The number of hydrogen-bond donors (Lipinski definition) is 2. The maximum Gasteiger partial charge on any atom is 0.317 e. The van der Waals surface area contributed by atoms with Crippen molar-refractivity contribution in [2.75, 3.05) is 20.1 Å². The molecule has 0 unspecified atom stereocenters. The molecule has 0 aliphatic carbocycles. The lowest BCUT2D eigenvalue weighted by Crippen LogP contribution is -2.38. The maximum absolute atomic E-state index is 11.0. The average molecular weight is 174 g/mol. The molecule has 2 N–H and O–H groups in total. The SMILES string of the molecule is CCNC(=O)N(C)CCC(=O)O. The van der Waals surface area contributed by atoms with Crippen LogP contribution in [0.25, 0.3) is 0 Å². The predicted octanol–water partition coefficient (Wildman–Crippen LogP) is 0.122. The first kappa shape index (κ1) is 10.7. The van der Waals surface area contributed by atoms with E-state index in [-0.39, 0.29) is 19.0 Å². The summed E-state index contributed by atoms with van der Waals surface area (Å²) in [6.45, 7) is 2.60. The number of carbonyl (C=O) groups is 2. The minimum Gasteiger partial charge on any atom is -0.481 e. The predicted molar refractivity (Wildman–Crippen MR) is 44.0 cm³/mol. The van der Waals surface area contributed by atoms with Gasteiger partial charge >= 0.3 is 12.0 Å². The number of amides is 2. The number of aliphatic carboxylic acids is 1. The quantitative estimate of drug-likeness (QED) is 0.636. The smallest absolute Gasteiger partial charge is 0.317 e. The molecule has 0 aliphatic rings. The van der Waals surface area contributed by atoms with Gasteiger partial charge in [-0.1, -0.05) is 0 Å². The lowest BCUT2D eigenvalue weighted by molar-refractivity contribution is -0.137. The van der Waals surface area contributed by atoms with E-state index in [9.17, 15) is 9.59 Å². The summed E-state index contributed by atoms with van der Waals surface area (Å²) < 4.78 is 0. The van der Waals surface area contributed by atoms with Crippen molar-refractivity contribution in [3.63, 3.8) is 0 Å². The van der Waals surface area contributed by atoms with Crippen LogP contribution in [0.15, 0.2) is 0 Å². The van der Waals surface area contributed by atoms with Crippen LogP contribution in [0.1, 0.15) is 13.3 Å². The molecule has 0 radical (unpaired) electrons. The fourth-order valence-corrected chi connectivity index (χ4v) is 0.651. The Balaban J connectivity index is 3.63. The van der Waals surface area contributed by atoms with E-state index in [1.807, 2.05) is 6.92 Å². The largest absolute Gasteiger partial charge is 0.481 e.